The first-order chi connectivity index (χ1) is 13.2. The first kappa shape index (κ1) is 20.2. The van der Waals surface area contributed by atoms with Gasteiger partial charge in [-0.3, -0.25) is 9.69 Å². The summed E-state index contributed by atoms with van der Waals surface area (Å²) in [6.07, 6.45) is 0. The molecule has 0 saturated carbocycles. The van der Waals surface area contributed by atoms with Gasteiger partial charge in [0.25, 0.3) is 15.9 Å². The molecular formula is C17H14Cl2N2O6S. The number of anilines is 1. The Labute approximate surface area is 171 Å². The van der Waals surface area contributed by atoms with Gasteiger partial charge in [0, 0.05) is 6.07 Å². The smallest absolute Gasteiger partial charge is 0.346 e. The van der Waals surface area contributed by atoms with Crippen LogP contribution in [0.4, 0.5) is 10.5 Å². The average Bonchev–Trinajstić information content (AvgIpc) is 2.98. The molecule has 1 aliphatic rings. The van der Waals surface area contributed by atoms with Gasteiger partial charge in [-0.2, -0.15) is 0 Å². The number of carbonyl (C=O) groups excluding carboxylic acids is 2. The molecule has 8 nitrogen and oxygen atoms in total. The maximum absolute atomic E-state index is 12.8. The highest BCUT2D eigenvalue weighted by Gasteiger charge is 2.45. The van der Waals surface area contributed by atoms with Crippen molar-refractivity contribution in [1.82, 2.24) is 4.31 Å². The average molecular weight is 445 g/mol. The van der Waals surface area contributed by atoms with Crippen LogP contribution >= 0.6 is 23.2 Å². The topological polar surface area (TPSA) is 93.2 Å². The van der Waals surface area contributed by atoms with Crippen LogP contribution in [0.15, 0.2) is 41.3 Å². The number of amides is 3. The predicted molar refractivity (Wildman–Crippen MR) is 103 cm³/mol. The van der Waals surface area contributed by atoms with Crippen LogP contribution in [-0.2, 0) is 14.8 Å². The summed E-state index contributed by atoms with van der Waals surface area (Å²) in [7, 11) is -1.58. The molecule has 1 fully saturated rings. The van der Waals surface area contributed by atoms with E-state index in [0.717, 1.165) is 11.0 Å². The minimum atomic E-state index is -4.45. The van der Waals surface area contributed by atoms with Gasteiger partial charge in [-0.15, -0.1) is 4.31 Å². The second-order valence-corrected chi connectivity index (χ2v) is 8.25. The normalized spacial score (nSPS) is 14.6. The van der Waals surface area contributed by atoms with Crippen molar-refractivity contribution in [3.63, 3.8) is 0 Å². The number of sulfonamides is 1. The van der Waals surface area contributed by atoms with Gasteiger partial charge in [-0.25, -0.2) is 13.2 Å². The summed E-state index contributed by atoms with van der Waals surface area (Å²) < 4.78 is 36.2. The molecule has 0 aliphatic carbocycles. The largest absolute Gasteiger partial charge is 0.493 e. The van der Waals surface area contributed by atoms with Crippen LogP contribution in [0.2, 0.25) is 10.0 Å². The number of urea groups is 1. The lowest BCUT2D eigenvalue weighted by Crippen LogP contribution is -2.38. The Bertz CT molecular complexity index is 1070. The third-order valence-corrected chi connectivity index (χ3v) is 6.46. The van der Waals surface area contributed by atoms with Crippen molar-refractivity contribution in [2.24, 2.45) is 0 Å². The third kappa shape index (κ3) is 3.36. The Morgan fingerprint density at radius 1 is 0.929 bits per heavy atom. The first-order valence-corrected chi connectivity index (χ1v) is 9.97. The second-order valence-electron chi connectivity index (χ2n) is 5.65. The van der Waals surface area contributed by atoms with Gasteiger partial charge in [0.15, 0.2) is 11.5 Å². The summed E-state index contributed by atoms with van der Waals surface area (Å²) in [6, 6.07) is 7.04. The zero-order chi connectivity index (χ0) is 20.6. The molecule has 1 aliphatic heterocycles. The fraction of sp³-hybridized carbons (Fsp3) is 0.176. The van der Waals surface area contributed by atoms with E-state index >= 15 is 0 Å². The predicted octanol–water partition coefficient (Wildman–Crippen LogP) is 3.17. The molecule has 2 aromatic rings. The van der Waals surface area contributed by atoms with Gasteiger partial charge >= 0.3 is 6.03 Å². The molecule has 11 heteroatoms. The summed E-state index contributed by atoms with van der Waals surface area (Å²) in [5.74, 6) is -0.151. The number of halogens is 2. The highest BCUT2D eigenvalue weighted by Crippen LogP contribution is 2.34. The fourth-order valence-electron chi connectivity index (χ4n) is 2.66. The molecule has 0 radical (unpaired) electrons. The van der Waals surface area contributed by atoms with E-state index in [1.54, 1.807) is 6.07 Å². The van der Waals surface area contributed by atoms with Crippen molar-refractivity contribution in [1.29, 1.82) is 0 Å². The van der Waals surface area contributed by atoms with Gasteiger partial charge in [0.2, 0.25) is 0 Å². The summed E-state index contributed by atoms with van der Waals surface area (Å²) in [5.41, 5.74) is 0.280. The number of carbonyl (C=O) groups is 2. The van der Waals surface area contributed by atoms with Crippen molar-refractivity contribution in [3.05, 3.63) is 46.4 Å². The highest BCUT2D eigenvalue weighted by molar-refractivity contribution is 7.90. The van der Waals surface area contributed by atoms with Crippen LogP contribution in [0.25, 0.3) is 0 Å². The summed E-state index contributed by atoms with van der Waals surface area (Å²) >= 11 is 11.7. The van der Waals surface area contributed by atoms with Crippen LogP contribution in [0, 0.1) is 0 Å². The number of hydrogen-bond acceptors (Lipinski definition) is 6. The lowest BCUT2D eigenvalue weighted by molar-refractivity contribution is -0.121. The number of benzene rings is 2. The summed E-state index contributed by atoms with van der Waals surface area (Å²) in [5, 5.41) is 0.130. The minimum Gasteiger partial charge on any atom is -0.493 e. The van der Waals surface area contributed by atoms with Gasteiger partial charge in [0.05, 0.1) is 34.8 Å². The number of rotatable bonds is 5. The molecule has 2 aromatic carbocycles. The number of imide groups is 1. The molecule has 1 heterocycles. The maximum atomic E-state index is 12.8. The van der Waals surface area contributed by atoms with Crippen LogP contribution in [0.3, 0.4) is 0 Å². The van der Waals surface area contributed by atoms with Crippen molar-refractivity contribution in [3.8, 4) is 11.5 Å². The standard InChI is InChI=1S/C17H14Cl2N2O6S/c1-26-14-6-3-10(7-15(14)27-2)20-9-16(22)21(17(20)23)28(24,25)11-4-5-12(18)13(19)8-11/h3-8H,9H2,1-2H3. The van der Waals surface area contributed by atoms with Gasteiger partial charge in [0.1, 0.15) is 6.54 Å². The Kier molecular flexibility index (Phi) is 5.42. The molecule has 1 saturated heterocycles. The van der Waals surface area contributed by atoms with E-state index in [4.69, 9.17) is 32.7 Å². The molecular weight excluding hydrogens is 431 g/mol. The molecule has 3 amide bonds. The van der Waals surface area contributed by atoms with Crippen molar-refractivity contribution in [2.45, 2.75) is 4.90 Å². The maximum Gasteiger partial charge on any atom is 0.346 e. The van der Waals surface area contributed by atoms with Crippen molar-refractivity contribution < 1.29 is 27.5 Å². The van der Waals surface area contributed by atoms with E-state index < -0.39 is 28.5 Å². The number of hydrogen-bond donors (Lipinski definition) is 0. The Morgan fingerprint density at radius 3 is 2.21 bits per heavy atom. The van der Waals surface area contributed by atoms with E-state index in [1.807, 2.05) is 0 Å². The molecule has 0 spiro atoms. The zero-order valence-corrected chi connectivity index (χ0v) is 17.0. The van der Waals surface area contributed by atoms with Crippen LogP contribution in [0.5, 0.6) is 11.5 Å². The van der Waals surface area contributed by atoms with Crippen LogP contribution in [0.1, 0.15) is 0 Å². The summed E-state index contributed by atoms with van der Waals surface area (Å²) in [4.78, 5) is 25.9. The van der Waals surface area contributed by atoms with Crippen LogP contribution in [-0.4, -0.2) is 45.4 Å². The van der Waals surface area contributed by atoms with E-state index in [0.29, 0.717) is 11.5 Å². The Hall–Kier alpha value is -2.49. The molecule has 28 heavy (non-hydrogen) atoms. The quantitative estimate of drug-likeness (QED) is 0.657. The summed E-state index contributed by atoms with van der Waals surface area (Å²) in [6.45, 7) is -0.450. The van der Waals surface area contributed by atoms with Gasteiger partial charge < -0.3 is 9.47 Å². The number of ether oxygens (including phenoxy) is 2. The molecule has 0 aromatic heterocycles. The first-order valence-electron chi connectivity index (χ1n) is 7.77. The number of methoxy groups -OCH3 is 2. The van der Waals surface area contributed by atoms with E-state index in [2.05, 4.69) is 0 Å². The molecule has 0 N–H and O–H groups in total. The lowest BCUT2D eigenvalue weighted by Gasteiger charge is -2.18. The fourth-order valence-corrected chi connectivity index (χ4v) is 4.37. The Balaban J connectivity index is 1.99. The van der Waals surface area contributed by atoms with E-state index in [1.165, 1.54) is 38.5 Å². The molecule has 0 bridgehead atoms. The SMILES string of the molecule is COc1ccc(N2CC(=O)N(S(=O)(=O)c3ccc(Cl)c(Cl)c3)C2=O)cc1OC. The zero-order valence-electron chi connectivity index (χ0n) is 14.7. The Morgan fingerprint density at radius 2 is 1.61 bits per heavy atom. The van der Waals surface area contributed by atoms with Crippen molar-refractivity contribution in [2.75, 3.05) is 25.7 Å². The highest BCUT2D eigenvalue weighted by atomic mass is 35.5. The monoisotopic (exact) mass is 444 g/mol. The molecule has 3 rings (SSSR count). The van der Waals surface area contributed by atoms with Gasteiger partial charge in [-0.1, -0.05) is 23.2 Å². The molecule has 0 unspecified atom stereocenters. The molecule has 148 valence electrons. The second kappa shape index (κ2) is 7.50. The third-order valence-electron chi connectivity index (χ3n) is 4.03. The number of nitrogens with zero attached hydrogens (tertiary/aromatic N) is 2. The van der Waals surface area contributed by atoms with E-state index in [-0.39, 0.29) is 24.9 Å². The lowest BCUT2D eigenvalue weighted by atomic mass is 10.2. The van der Waals surface area contributed by atoms with E-state index in [9.17, 15) is 18.0 Å². The minimum absolute atomic E-state index is 0.0152. The van der Waals surface area contributed by atoms with Gasteiger partial charge in [-0.05, 0) is 30.3 Å². The van der Waals surface area contributed by atoms with Crippen LogP contribution < -0.4 is 14.4 Å². The van der Waals surface area contributed by atoms with Crippen molar-refractivity contribution >= 4 is 50.9 Å². The molecule has 0 atom stereocenters.